The predicted octanol–water partition coefficient (Wildman–Crippen LogP) is 0.187. The van der Waals surface area contributed by atoms with E-state index in [4.69, 9.17) is 5.73 Å². The van der Waals surface area contributed by atoms with E-state index >= 15 is 0 Å². The molecule has 0 fully saturated rings. The van der Waals surface area contributed by atoms with E-state index in [0.29, 0.717) is 6.54 Å². The van der Waals surface area contributed by atoms with Crippen LogP contribution in [-0.4, -0.2) is 22.0 Å². The Morgan fingerprint density at radius 1 is 1.59 bits per heavy atom. The lowest BCUT2D eigenvalue weighted by atomic mass is 9.93. The predicted molar refractivity (Wildman–Crippen MR) is 65.6 cm³/mol. The molecule has 3 N–H and O–H groups in total. The minimum atomic E-state index is -0.721. The molecule has 6 nitrogen and oxygen atoms in total. The highest BCUT2D eigenvalue weighted by atomic mass is 16.1. The Bertz CT molecular complexity index is 465. The molecule has 0 spiro atoms. The maximum Gasteiger partial charge on any atom is 0.293 e. The van der Waals surface area contributed by atoms with Gasteiger partial charge < -0.3 is 15.6 Å². The topological polar surface area (TPSA) is 90.0 Å². The van der Waals surface area contributed by atoms with E-state index < -0.39 is 11.3 Å². The van der Waals surface area contributed by atoms with Crippen LogP contribution < -0.4 is 16.6 Å². The number of nitrogens with one attached hydrogen (secondary N) is 1. The summed E-state index contributed by atoms with van der Waals surface area (Å²) in [5.74, 6) is -0.180. The molecule has 1 aromatic heterocycles. The van der Waals surface area contributed by atoms with Gasteiger partial charge in [-0.2, -0.15) is 0 Å². The molecule has 94 valence electrons. The lowest BCUT2D eigenvalue weighted by Gasteiger charge is -2.20. The first-order valence-electron chi connectivity index (χ1n) is 5.47. The van der Waals surface area contributed by atoms with Gasteiger partial charge >= 0.3 is 0 Å². The van der Waals surface area contributed by atoms with Gasteiger partial charge in [-0.1, -0.05) is 0 Å². The summed E-state index contributed by atoms with van der Waals surface area (Å²) in [5, 5.41) is 2.86. The first-order chi connectivity index (χ1) is 7.88. The Kier molecular flexibility index (Phi) is 3.88. The van der Waals surface area contributed by atoms with E-state index in [1.807, 2.05) is 6.92 Å². The molecule has 1 heterocycles. The quantitative estimate of drug-likeness (QED) is 0.766. The third kappa shape index (κ3) is 3.05. The maximum absolute atomic E-state index is 11.8. The number of nitrogens with two attached hydrogens (primary N) is 1. The van der Waals surface area contributed by atoms with Crippen molar-refractivity contribution in [2.75, 3.05) is 11.9 Å². The summed E-state index contributed by atoms with van der Waals surface area (Å²) in [5.41, 5.74) is 4.33. The third-order valence-corrected chi connectivity index (χ3v) is 2.62. The number of aryl methyl sites for hydroxylation is 1. The van der Waals surface area contributed by atoms with Crippen molar-refractivity contribution in [3.05, 3.63) is 22.7 Å². The van der Waals surface area contributed by atoms with Gasteiger partial charge in [0.25, 0.3) is 5.56 Å². The minimum absolute atomic E-state index is 0.199. The van der Waals surface area contributed by atoms with Crippen LogP contribution in [-0.2, 0) is 11.3 Å². The zero-order valence-electron chi connectivity index (χ0n) is 10.4. The monoisotopic (exact) mass is 238 g/mol. The Hall–Kier alpha value is -1.85. The van der Waals surface area contributed by atoms with Gasteiger partial charge in [0.05, 0.1) is 5.41 Å². The SMILES string of the molecule is CCn1ccnc(NCC(C)(C)C(N)=O)c1=O. The minimum Gasteiger partial charge on any atom is -0.369 e. The summed E-state index contributed by atoms with van der Waals surface area (Å²) in [6.07, 6.45) is 3.16. The van der Waals surface area contributed by atoms with Crippen LogP contribution in [0.25, 0.3) is 0 Å². The molecular weight excluding hydrogens is 220 g/mol. The number of aromatic nitrogens is 2. The number of carbonyl (C=O) groups excluding carboxylic acids is 1. The summed E-state index contributed by atoms with van der Waals surface area (Å²) in [4.78, 5) is 26.9. The van der Waals surface area contributed by atoms with Crippen LogP contribution >= 0.6 is 0 Å². The third-order valence-electron chi connectivity index (χ3n) is 2.62. The number of anilines is 1. The zero-order valence-corrected chi connectivity index (χ0v) is 10.4. The summed E-state index contributed by atoms with van der Waals surface area (Å²) < 4.78 is 1.53. The second-order valence-electron chi connectivity index (χ2n) is 4.47. The van der Waals surface area contributed by atoms with Crippen molar-refractivity contribution in [2.24, 2.45) is 11.1 Å². The Morgan fingerprint density at radius 2 is 2.24 bits per heavy atom. The molecule has 0 atom stereocenters. The standard InChI is InChI=1S/C11H18N4O2/c1-4-15-6-5-13-8(9(15)16)14-7-11(2,3)10(12)17/h5-6H,4,7H2,1-3H3,(H2,12,17)(H,13,14). The molecule has 1 rings (SSSR count). The molecule has 0 aromatic carbocycles. The van der Waals surface area contributed by atoms with E-state index in [2.05, 4.69) is 10.3 Å². The van der Waals surface area contributed by atoms with Gasteiger partial charge in [-0.15, -0.1) is 0 Å². The number of amides is 1. The lowest BCUT2D eigenvalue weighted by Crippen LogP contribution is -2.38. The highest BCUT2D eigenvalue weighted by Crippen LogP contribution is 2.13. The molecule has 0 saturated carbocycles. The highest BCUT2D eigenvalue weighted by molar-refractivity contribution is 5.80. The molecule has 0 aliphatic carbocycles. The van der Waals surface area contributed by atoms with E-state index in [9.17, 15) is 9.59 Å². The van der Waals surface area contributed by atoms with Crippen LogP contribution in [0.3, 0.4) is 0 Å². The molecule has 0 radical (unpaired) electrons. The average Bonchev–Trinajstić information content (AvgIpc) is 2.27. The Morgan fingerprint density at radius 3 is 2.76 bits per heavy atom. The van der Waals surface area contributed by atoms with Crippen LogP contribution in [0.2, 0.25) is 0 Å². The van der Waals surface area contributed by atoms with Gasteiger partial charge in [-0.3, -0.25) is 9.59 Å². The molecule has 0 aliphatic rings. The second-order valence-corrected chi connectivity index (χ2v) is 4.47. The van der Waals surface area contributed by atoms with Gasteiger partial charge in [-0.25, -0.2) is 4.98 Å². The molecule has 0 aliphatic heterocycles. The number of hydrogen-bond donors (Lipinski definition) is 2. The van der Waals surface area contributed by atoms with Crippen molar-refractivity contribution in [1.29, 1.82) is 0 Å². The molecule has 6 heteroatoms. The molecular formula is C11H18N4O2. The Balaban J connectivity index is 2.84. The normalized spacial score (nSPS) is 11.2. The van der Waals surface area contributed by atoms with Crippen LogP contribution in [0.4, 0.5) is 5.82 Å². The van der Waals surface area contributed by atoms with Crippen molar-refractivity contribution < 1.29 is 4.79 Å². The lowest BCUT2D eigenvalue weighted by molar-refractivity contribution is -0.125. The fourth-order valence-corrected chi connectivity index (χ4v) is 1.21. The highest BCUT2D eigenvalue weighted by Gasteiger charge is 2.25. The van der Waals surface area contributed by atoms with Crippen molar-refractivity contribution >= 4 is 11.7 Å². The number of carbonyl (C=O) groups is 1. The number of primary amides is 1. The summed E-state index contributed by atoms with van der Waals surface area (Å²) in [6, 6.07) is 0. The molecule has 0 saturated heterocycles. The van der Waals surface area contributed by atoms with Crippen molar-refractivity contribution in [1.82, 2.24) is 9.55 Å². The summed E-state index contributed by atoms with van der Waals surface area (Å²) >= 11 is 0. The van der Waals surface area contributed by atoms with Crippen molar-refractivity contribution in [3.8, 4) is 0 Å². The summed E-state index contributed by atoms with van der Waals surface area (Å²) in [7, 11) is 0. The molecule has 0 bridgehead atoms. The van der Waals surface area contributed by atoms with Crippen molar-refractivity contribution in [3.63, 3.8) is 0 Å². The second kappa shape index (κ2) is 4.99. The van der Waals surface area contributed by atoms with E-state index in [1.54, 1.807) is 26.2 Å². The van der Waals surface area contributed by atoms with E-state index in [-0.39, 0.29) is 17.9 Å². The largest absolute Gasteiger partial charge is 0.369 e. The number of nitrogens with zero attached hydrogens (tertiary/aromatic N) is 2. The van der Waals surface area contributed by atoms with Gasteiger partial charge in [0, 0.05) is 25.5 Å². The van der Waals surface area contributed by atoms with Crippen molar-refractivity contribution in [2.45, 2.75) is 27.3 Å². The molecule has 17 heavy (non-hydrogen) atoms. The van der Waals surface area contributed by atoms with Crippen LogP contribution in [0.15, 0.2) is 17.2 Å². The smallest absolute Gasteiger partial charge is 0.293 e. The average molecular weight is 238 g/mol. The van der Waals surface area contributed by atoms with Crippen LogP contribution in [0.1, 0.15) is 20.8 Å². The van der Waals surface area contributed by atoms with Gasteiger partial charge in [0.1, 0.15) is 0 Å². The van der Waals surface area contributed by atoms with Gasteiger partial charge in [0.2, 0.25) is 5.91 Å². The maximum atomic E-state index is 11.8. The Labute approximate surface area is 99.8 Å². The van der Waals surface area contributed by atoms with Crippen LogP contribution in [0, 0.1) is 5.41 Å². The molecule has 0 unspecified atom stereocenters. The van der Waals surface area contributed by atoms with Gasteiger partial charge in [-0.05, 0) is 20.8 Å². The molecule has 1 amide bonds. The zero-order chi connectivity index (χ0) is 13.1. The first-order valence-corrected chi connectivity index (χ1v) is 5.47. The van der Waals surface area contributed by atoms with E-state index in [0.717, 1.165) is 0 Å². The fraction of sp³-hybridized carbons (Fsp3) is 0.545. The first kappa shape index (κ1) is 13.2. The molecule has 1 aromatic rings. The van der Waals surface area contributed by atoms with E-state index in [1.165, 1.54) is 4.57 Å². The summed E-state index contributed by atoms with van der Waals surface area (Å²) in [6.45, 7) is 6.15. The number of rotatable bonds is 5. The fourth-order valence-electron chi connectivity index (χ4n) is 1.21. The number of hydrogen-bond acceptors (Lipinski definition) is 4. The van der Waals surface area contributed by atoms with Gasteiger partial charge in [0.15, 0.2) is 5.82 Å². The van der Waals surface area contributed by atoms with Crippen LogP contribution in [0.5, 0.6) is 0 Å².